The molecule has 0 amide bonds. The number of benzene rings is 1. The molecule has 0 aliphatic carbocycles. The van der Waals surface area contributed by atoms with E-state index < -0.39 is 11.7 Å². The van der Waals surface area contributed by atoms with E-state index >= 15 is 0 Å². The maximum absolute atomic E-state index is 13.0. The summed E-state index contributed by atoms with van der Waals surface area (Å²) in [7, 11) is 1.80. The number of ether oxygens (including phenoxy) is 1. The molecule has 0 radical (unpaired) electrons. The number of nitrogen functional groups attached to an aromatic ring is 1. The van der Waals surface area contributed by atoms with E-state index in [4.69, 9.17) is 10.5 Å². The minimum absolute atomic E-state index is 0.128. The van der Waals surface area contributed by atoms with E-state index in [1.54, 1.807) is 7.05 Å². The maximum atomic E-state index is 13.0. The van der Waals surface area contributed by atoms with Crippen molar-refractivity contribution >= 4 is 5.69 Å². The number of anilines is 1. The van der Waals surface area contributed by atoms with Crippen molar-refractivity contribution in [1.82, 2.24) is 4.90 Å². The van der Waals surface area contributed by atoms with Crippen molar-refractivity contribution < 1.29 is 17.9 Å². The Kier molecular flexibility index (Phi) is 4.55. The average molecular weight is 288 g/mol. The van der Waals surface area contributed by atoms with Crippen LogP contribution in [0.25, 0.3) is 0 Å². The van der Waals surface area contributed by atoms with Gasteiger partial charge in [0.05, 0.1) is 11.7 Å². The van der Waals surface area contributed by atoms with Gasteiger partial charge in [0.1, 0.15) is 0 Å². The summed E-state index contributed by atoms with van der Waals surface area (Å²) in [5.41, 5.74) is 5.17. The van der Waals surface area contributed by atoms with Crippen LogP contribution in [0.3, 0.4) is 0 Å². The number of halogens is 3. The van der Waals surface area contributed by atoms with E-state index in [1.165, 1.54) is 12.1 Å². The number of likely N-dealkylation sites (N-methyl/N-ethyl adjacent to an activating group) is 1. The monoisotopic (exact) mass is 288 g/mol. The molecule has 3 nitrogen and oxygen atoms in total. The van der Waals surface area contributed by atoms with Gasteiger partial charge in [-0.15, -0.1) is 0 Å². The lowest BCUT2D eigenvalue weighted by atomic mass is 10.1. The smallest absolute Gasteiger partial charge is 0.399 e. The van der Waals surface area contributed by atoms with Crippen LogP contribution in [0.5, 0.6) is 0 Å². The summed E-state index contributed by atoms with van der Waals surface area (Å²) in [5.74, 6) is 0. The van der Waals surface area contributed by atoms with Crippen molar-refractivity contribution in [2.75, 3.05) is 25.9 Å². The third-order valence-electron chi connectivity index (χ3n) is 3.42. The highest BCUT2D eigenvalue weighted by Crippen LogP contribution is 2.33. The minimum atomic E-state index is -4.38. The number of alkyl halides is 3. The molecular formula is C14H19F3N2O. The summed E-state index contributed by atoms with van der Waals surface area (Å²) in [6.45, 7) is 1.62. The van der Waals surface area contributed by atoms with E-state index in [9.17, 15) is 13.2 Å². The fourth-order valence-electron chi connectivity index (χ4n) is 2.49. The highest BCUT2D eigenvalue weighted by atomic mass is 19.4. The average Bonchev–Trinajstić information content (AvgIpc) is 2.82. The molecule has 112 valence electrons. The van der Waals surface area contributed by atoms with E-state index in [-0.39, 0.29) is 23.9 Å². The zero-order valence-electron chi connectivity index (χ0n) is 11.4. The van der Waals surface area contributed by atoms with Crippen LogP contribution < -0.4 is 5.73 Å². The standard InChI is InChI=1S/C14H19F3N2O/c1-19(9-12-3-2-6-20-12)8-10-4-5-11(18)7-13(10)14(15,16)17/h4-5,7,12H,2-3,6,8-9,18H2,1H3. The molecule has 1 fully saturated rings. The van der Waals surface area contributed by atoms with E-state index in [1.807, 2.05) is 4.90 Å². The largest absolute Gasteiger partial charge is 0.416 e. The van der Waals surface area contributed by atoms with Gasteiger partial charge in [0.25, 0.3) is 0 Å². The zero-order chi connectivity index (χ0) is 14.8. The Hall–Kier alpha value is -1.27. The molecule has 1 saturated heterocycles. The van der Waals surface area contributed by atoms with Crippen LogP contribution in [-0.2, 0) is 17.5 Å². The Balaban J connectivity index is 2.08. The van der Waals surface area contributed by atoms with Crippen molar-refractivity contribution in [3.8, 4) is 0 Å². The molecule has 1 aromatic carbocycles. The molecule has 20 heavy (non-hydrogen) atoms. The summed E-state index contributed by atoms with van der Waals surface area (Å²) < 4.78 is 44.4. The number of hydrogen-bond donors (Lipinski definition) is 1. The molecule has 0 aromatic heterocycles. The van der Waals surface area contributed by atoms with Gasteiger partial charge in [0.2, 0.25) is 0 Å². The van der Waals surface area contributed by atoms with E-state index in [0.717, 1.165) is 25.5 Å². The van der Waals surface area contributed by atoms with Crippen LogP contribution in [0.2, 0.25) is 0 Å². The van der Waals surface area contributed by atoms with Crippen LogP contribution >= 0.6 is 0 Å². The molecule has 1 aliphatic rings. The topological polar surface area (TPSA) is 38.5 Å². The normalized spacial score (nSPS) is 19.8. The highest BCUT2D eigenvalue weighted by Gasteiger charge is 2.33. The lowest BCUT2D eigenvalue weighted by Gasteiger charge is -2.22. The number of nitrogens with two attached hydrogens (primary N) is 1. The van der Waals surface area contributed by atoms with Gasteiger partial charge in [-0.1, -0.05) is 6.07 Å². The third-order valence-corrected chi connectivity index (χ3v) is 3.42. The van der Waals surface area contributed by atoms with Crippen LogP contribution in [0, 0.1) is 0 Å². The van der Waals surface area contributed by atoms with Crippen LogP contribution in [-0.4, -0.2) is 31.2 Å². The lowest BCUT2D eigenvalue weighted by Crippen LogP contribution is -2.29. The highest BCUT2D eigenvalue weighted by molar-refractivity contribution is 5.46. The SMILES string of the molecule is CN(Cc1ccc(N)cc1C(F)(F)F)CC1CCCO1. The van der Waals surface area contributed by atoms with Gasteiger partial charge in [0, 0.05) is 25.4 Å². The van der Waals surface area contributed by atoms with Crippen molar-refractivity contribution in [1.29, 1.82) is 0 Å². The lowest BCUT2D eigenvalue weighted by molar-refractivity contribution is -0.138. The molecule has 0 saturated carbocycles. The van der Waals surface area contributed by atoms with Crippen molar-refractivity contribution in [3.63, 3.8) is 0 Å². The summed E-state index contributed by atoms with van der Waals surface area (Å²) in [6.07, 6.45) is -2.26. The molecule has 6 heteroatoms. The van der Waals surface area contributed by atoms with Gasteiger partial charge in [0.15, 0.2) is 0 Å². The number of rotatable bonds is 4. The van der Waals surface area contributed by atoms with Gasteiger partial charge in [-0.25, -0.2) is 0 Å². The minimum Gasteiger partial charge on any atom is -0.399 e. The van der Waals surface area contributed by atoms with E-state index in [2.05, 4.69) is 0 Å². The summed E-state index contributed by atoms with van der Waals surface area (Å²) in [6, 6.07) is 3.95. The Morgan fingerprint density at radius 3 is 2.75 bits per heavy atom. The Morgan fingerprint density at radius 2 is 2.15 bits per heavy atom. The van der Waals surface area contributed by atoms with Crippen LogP contribution in [0.4, 0.5) is 18.9 Å². The molecule has 1 heterocycles. The first kappa shape index (κ1) is 15.1. The Morgan fingerprint density at radius 1 is 1.40 bits per heavy atom. The second kappa shape index (κ2) is 6.01. The van der Waals surface area contributed by atoms with Crippen molar-refractivity contribution in [2.24, 2.45) is 0 Å². The third kappa shape index (κ3) is 3.86. The number of nitrogens with zero attached hydrogens (tertiary/aromatic N) is 1. The molecule has 0 spiro atoms. The van der Waals surface area contributed by atoms with Gasteiger partial charge in [-0.05, 0) is 37.6 Å². The first-order valence-corrected chi connectivity index (χ1v) is 6.62. The van der Waals surface area contributed by atoms with Crippen LogP contribution in [0.1, 0.15) is 24.0 Å². The quantitative estimate of drug-likeness (QED) is 0.866. The molecule has 2 N–H and O–H groups in total. The predicted octanol–water partition coefficient (Wildman–Crippen LogP) is 2.90. The second-order valence-corrected chi connectivity index (χ2v) is 5.25. The predicted molar refractivity (Wildman–Crippen MR) is 71.2 cm³/mol. The first-order chi connectivity index (χ1) is 9.36. The van der Waals surface area contributed by atoms with Crippen molar-refractivity contribution in [2.45, 2.75) is 31.7 Å². The molecule has 0 bridgehead atoms. The number of hydrogen-bond acceptors (Lipinski definition) is 3. The van der Waals surface area contributed by atoms with Crippen LogP contribution in [0.15, 0.2) is 18.2 Å². The first-order valence-electron chi connectivity index (χ1n) is 6.62. The molecule has 1 aliphatic heterocycles. The van der Waals surface area contributed by atoms with Gasteiger partial charge in [-0.3, -0.25) is 4.90 Å². The molecule has 2 rings (SSSR count). The fraction of sp³-hybridized carbons (Fsp3) is 0.571. The molecule has 1 unspecified atom stereocenters. The summed E-state index contributed by atoms with van der Waals surface area (Å²) >= 11 is 0. The van der Waals surface area contributed by atoms with Crippen molar-refractivity contribution in [3.05, 3.63) is 29.3 Å². The summed E-state index contributed by atoms with van der Waals surface area (Å²) in [5, 5.41) is 0. The Bertz CT molecular complexity index is 456. The maximum Gasteiger partial charge on any atom is 0.416 e. The Labute approximate surface area is 116 Å². The zero-order valence-corrected chi connectivity index (χ0v) is 11.4. The summed E-state index contributed by atoms with van der Waals surface area (Å²) in [4.78, 5) is 1.86. The molecular weight excluding hydrogens is 269 g/mol. The molecule has 1 atom stereocenters. The molecule has 1 aromatic rings. The van der Waals surface area contributed by atoms with Gasteiger partial charge in [-0.2, -0.15) is 13.2 Å². The van der Waals surface area contributed by atoms with E-state index in [0.29, 0.717) is 6.54 Å². The second-order valence-electron chi connectivity index (χ2n) is 5.25. The fourth-order valence-corrected chi connectivity index (χ4v) is 2.49. The van der Waals surface area contributed by atoms with Gasteiger partial charge >= 0.3 is 6.18 Å². The van der Waals surface area contributed by atoms with Gasteiger partial charge < -0.3 is 10.5 Å².